The number of rotatable bonds is 43. The molecule has 7 N–H and O–H groups in total. The van der Waals surface area contributed by atoms with Gasteiger partial charge in [-0.05, 0) is 32.1 Å². The molecule has 0 heterocycles. The third kappa shape index (κ3) is 40.3. The van der Waals surface area contributed by atoms with Crippen LogP contribution >= 0.6 is 7.82 Å². The smallest absolute Gasteiger partial charge is 0.472 e. The van der Waals surface area contributed by atoms with E-state index in [1.54, 1.807) is 42.5 Å². The number of aliphatic hydroxyl groups is 3. The first-order valence-corrected chi connectivity index (χ1v) is 25.1. The van der Waals surface area contributed by atoms with E-state index in [4.69, 9.17) is 24.8 Å². The van der Waals surface area contributed by atoms with Crippen LogP contribution in [0, 0.1) is 0 Å². The molecule has 0 aromatic carbocycles. The summed E-state index contributed by atoms with van der Waals surface area (Å²) in [5.41, 5.74) is 5.32. The number of nitrogens with two attached hydrogens (primary N) is 1. The third-order valence-corrected chi connectivity index (χ3v) is 11.1. The van der Waals surface area contributed by atoms with Gasteiger partial charge >= 0.3 is 25.7 Å². The lowest BCUT2D eigenvalue weighted by atomic mass is 10.0. The van der Waals surface area contributed by atoms with Crippen LogP contribution in [-0.2, 0) is 37.5 Å². The predicted molar refractivity (Wildman–Crippen MR) is 249 cm³/mol. The summed E-state index contributed by atoms with van der Waals surface area (Å²) in [7, 11) is -4.80. The molecule has 0 amide bonds. The average molecular weight is 914 g/mol. The molecule has 0 aromatic rings. The van der Waals surface area contributed by atoms with Crippen molar-refractivity contribution in [2.45, 2.75) is 205 Å². The maximum atomic E-state index is 12.7. The van der Waals surface area contributed by atoms with E-state index in [2.05, 4.69) is 11.4 Å². The molecular formula is C48H84NO13P. The van der Waals surface area contributed by atoms with Crippen molar-refractivity contribution in [2.75, 3.05) is 19.8 Å². The Morgan fingerprint density at radius 2 is 1.08 bits per heavy atom. The summed E-state index contributed by atoms with van der Waals surface area (Å²) < 4.78 is 32.5. The van der Waals surface area contributed by atoms with Gasteiger partial charge in [0.25, 0.3) is 0 Å². The molecule has 0 saturated heterocycles. The molecular weight excluding hydrogens is 829 g/mol. The summed E-state index contributed by atoms with van der Waals surface area (Å²) in [6.07, 6.45) is 38.0. The van der Waals surface area contributed by atoms with Gasteiger partial charge in [0.2, 0.25) is 0 Å². The van der Waals surface area contributed by atoms with Crippen molar-refractivity contribution in [2.24, 2.45) is 5.73 Å². The van der Waals surface area contributed by atoms with Gasteiger partial charge in [0.15, 0.2) is 6.10 Å². The van der Waals surface area contributed by atoms with Gasteiger partial charge in [0.1, 0.15) is 12.6 Å². The number of carbonyl (C=O) groups excluding carboxylic acids is 2. The lowest BCUT2D eigenvalue weighted by Gasteiger charge is -2.20. The number of carboxylic acids is 1. The number of phosphoric acid groups is 1. The lowest BCUT2D eigenvalue weighted by Crippen LogP contribution is -2.34. The number of esters is 2. The summed E-state index contributed by atoms with van der Waals surface area (Å²) in [6.45, 7) is 2.28. The molecule has 15 heteroatoms. The Labute approximate surface area is 378 Å². The van der Waals surface area contributed by atoms with E-state index in [-0.39, 0.29) is 25.7 Å². The summed E-state index contributed by atoms with van der Waals surface area (Å²) in [5, 5.41) is 39.3. The van der Waals surface area contributed by atoms with Crippen LogP contribution in [0.4, 0.5) is 0 Å². The highest BCUT2D eigenvalue weighted by atomic mass is 31.2. The molecule has 0 bridgehead atoms. The van der Waals surface area contributed by atoms with Gasteiger partial charge in [-0.15, -0.1) is 0 Å². The molecule has 0 rings (SSSR count). The summed E-state index contributed by atoms with van der Waals surface area (Å²) in [5.74, 6) is -2.75. The molecule has 6 atom stereocenters. The highest BCUT2D eigenvalue weighted by molar-refractivity contribution is 7.47. The zero-order valence-electron chi connectivity index (χ0n) is 38.5. The van der Waals surface area contributed by atoms with Crippen LogP contribution < -0.4 is 5.73 Å². The van der Waals surface area contributed by atoms with Gasteiger partial charge in [-0.3, -0.25) is 23.4 Å². The minimum atomic E-state index is -4.80. The SMILES string of the molecule is CC/C=C\C[C@@H](O)/C=C/C=C/C=C\C=C/[C@H](O)[C@@H](O)CCCC(=O)OC[C@H](COP(=O)(O)OC[C@H](N)C(=O)O)OC(=O)CCCCCCCCCCCCCCCCCCCCC. The Morgan fingerprint density at radius 3 is 1.60 bits per heavy atom. The molecule has 0 radical (unpaired) electrons. The van der Waals surface area contributed by atoms with Crippen LogP contribution in [0.3, 0.4) is 0 Å². The van der Waals surface area contributed by atoms with Crippen molar-refractivity contribution in [3.63, 3.8) is 0 Å². The molecule has 14 nitrogen and oxygen atoms in total. The standard InChI is InChI=1S/C48H84NO13P/c1-3-5-7-8-9-10-11-12-13-14-15-16-17-18-19-20-21-26-30-36-47(54)62-42(39-60-63(57,58)61-40-43(49)48(55)56)38-59-46(53)37-31-35-45(52)44(51)34-29-25-23-22-24-28-33-41(50)32-27-6-4-2/h6,22-25,27-29,33-34,41-45,50-52H,3-5,7-21,26,30-32,35-40,49H2,1-2H3,(H,55,56)(H,57,58)/b24-22+,25-23-,27-6-,33-28+,34-29-/t41-,42-,43+,44+,45+/m1/s1. The third-order valence-electron chi connectivity index (χ3n) is 10.1. The predicted octanol–water partition coefficient (Wildman–Crippen LogP) is 9.64. The molecule has 63 heavy (non-hydrogen) atoms. The fraction of sp³-hybridized carbons (Fsp3) is 0.729. The van der Waals surface area contributed by atoms with Crippen LogP contribution in [0.15, 0.2) is 60.8 Å². The number of carboxylic acid groups (broad SMARTS) is 1. The number of carbonyl (C=O) groups is 3. The first kappa shape index (κ1) is 60.1. The van der Waals surface area contributed by atoms with Crippen molar-refractivity contribution in [1.29, 1.82) is 0 Å². The van der Waals surface area contributed by atoms with Gasteiger partial charge in [0, 0.05) is 12.8 Å². The van der Waals surface area contributed by atoms with Crippen molar-refractivity contribution in [3.05, 3.63) is 60.8 Å². The maximum Gasteiger partial charge on any atom is 0.472 e. The second-order valence-corrected chi connectivity index (χ2v) is 17.5. The summed E-state index contributed by atoms with van der Waals surface area (Å²) >= 11 is 0. The van der Waals surface area contributed by atoms with E-state index in [0.29, 0.717) is 12.8 Å². The highest BCUT2D eigenvalue weighted by Gasteiger charge is 2.28. The second kappa shape index (κ2) is 41.7. The number of hydrogen-bond acceptors (Lipinski definition) is 12. The average Bonchev–Trinajstić information content (AvgIpc) is 3.25. The van der Waals surface area contributed by atoms with E-state index in [1.165, 1.54) is 96.0 Å². The molecule has 0 aliphatic heterocycles. The van der Waals surface area contributed by atoms with Gasteiger partial charge < -0.3 is 40.5 Å². The van der Waals surface area contributed by atoms with Gasteiger partial charge in [-0.1, -0.05) is 190 Å². The molecule has 0 saturated carbocycles. The second-order valence-electron chi connectivity index (χ2n) is 16.1. The molecule has 364 valence electrons. The minimum absolute atomic E-state index is 0.0786. The van der Waals surface area contributed by atoms with Crippen LogP contribution in [0.1, 0.15) is 174 Å². The van der Waals surface area contributed by atoms with E-state index >= 15 is 0 Å². The number of allylic oxidation sites excluding steroid dienone is 7. The fourth-order valence-corrected chi connectivity index (χ4v) is 7.07. The van der Waals surface area contributed by atoms with Crippen LogP contribution in [0.2, 0.25) is 0 Å². The molecule has 1 unspecified atom stereocenters. The number of ether oxygens (including phenoxy) is 2. The topological polar surface area (TPSA) is 232 Å². The largest absolute Gasteiger partial charge is 0.480 e. The van der Waals surface area contributed by atoms with Crippen LogP contribution in [0.5, 0.6) is 0 Å². The summed E-state index contributed by atoms with van der Waals surface area (Å²) in [4.78, 5) is 46.1. The zero-order valence-corrected chi connectivity index (χ0v) is 39.4. The molecule has 0 fully saturated rings. The zero-order chi connectivity index (χ0) is 46.8. The number of aliphatic carboxylic acids is 1. The van der Waals surface area contributed by atoms with Crippen molar-refractivity contribution < 1.29 is 62.8 Å². The van der Waals surface area contributed by atoms with Crippen LogP contribution in [0.25, 0.3) is 0 Å². The Balaban J connectivity index is 4.59. The maximum absolute atomic E-state index is 12.7. The first-order chi connectivity index (χ1) is 30.3. The highest BCUT2D eigenvalue weighted by Crippen LogP contribution is 2.43. The number of hydrogen-bond donors (Lipinski definition) is 6. The lowest BCUT2D eigenvalue weighted by molar-refractivity contribution is -0.161. The molecule has 0 aliphatic carbocycles. The van der Waals surface area contributed by atoms with Gasteiger partial charge in [-0.25, -0.2) is 4.57 Å². The number of unbranched alkanes of at least 4 members (excludes halogenated alkanes) is 18. The fourth-order valence-electron chi connectivity index (χ4n) is 6.29. The quantitative estimate of drug-likeness (QED) is 0.0110. The molecule has 0 aromatic heterocycles. The Bertz CT molecular complexity index is 1350. The van der Waals surface area contributed by atoms with Gasteiger partial charge in [-0.2, -0.15) is 0 Å². The Morgan fingerprint density at radius 1 is 0.603 bits per heavy atom. The van der Waals surface area contributed by atoms with Crippen molar-refractivity contribution in [3.8, 4) is 0 Å². The molecule has 0 spiro atoms. The van der Waals surface area contributed by atoms with Crippen molar-refractivity contribution >= 4 is 25.7 Å². The van der Waals surface area contributed by atoms with Crippen molar-refractivity contribution in [1.82, 2.24) is 0 Å². The Hall–Kier alpha value is -2.94. The summed E-state index contributed by atoms with van der Waals surface area (Å²) in [6, 6.07) is -1.57. The van der Waals surface area contributed by atoms with E-state index < -0.39 is 76.0 Å². The van der Waals surface area contributed by atoms with E-state index in [9.17, 15) is 39.2 Å². The number of phosphoric ester groups is 1. The monoisotopic (exact) mass is 914 g/mol. The van der Waals surface area contributed by atoms with E-state index in [0.717, 1.165) is 32.1 Å². The van der Waals surface area contributed by atoms with Gasteiger partial charge in [0.05, 0.1) is 31.5 Å². The minimum Gasteiger partial charge on any atom is -0.480 e. The first-order valence-electron chi connectivity index (χ1n) is 23.6. The molecule has 0 aliphatic rings. The Kier molecular flexibility index (Phi) is 39.8. The van der Waals surface area contributed by atoms with E-state index in [1.807, 2.05) is 19.1 Å². The number of aliphatic hydroxyl groups excluding tert-OH is 3. The normalized spacial score (nSPS) is 15.7. The van der Waals surface area contributed by atoms with Crippen LogP contribution in [-0.4, -0.2) is 93.5 Å².